The van der Waals surface area contributed by atoms with Crippen LogP contribution in [0.15, 0.2) is 16.6 Å². The van der Waals surface area contributed by atoms with Gasteiger partial charge in [-0.1, -0.05) is 23.2 Å². The predicted octanol–water partition coefficient (Wildman–Crippen LogP) is 4.35. The lowest BCUT2D eigenvalue weighted by molar-refractivity contribution is 1.22. The molecule has 1 aromatic carbocycles. The van der Waals surface area contributed by atoms with Crippen molar-refractivity contribution in [2.45, 2.75) is 0 Å². The van der Waals surface area contributed by atoms with Crippen LogP contribution in [-0.4, -0.2) is 9.97 Å². The first-order chi connectivity index (χ1) is 6.58. The van der Waals surface area contributed by atoms with E-state index in [-0.39, 0.29) is 5.28 Å². The van der Waals surface area contributed by atoms with Gasteiger partial charge in [0.15, 0.2) is 0 Å². The van der Waals surface area contributed by atoms with Gasteiger partial charge in [-0.25, -0.2) is 9.97 Å². The van der Waals surface area contributed by atoms with Crippen molar-refractivity contribution in [1.82, 2.24) is 9.97 Å². The number of nitrogens with zero attached hydrogens (tertiary/aromatic N) is 2. The van der Waals surface area contributed by atoms with Crippen molar-refractivity contribution in [3.05, 3.63) is 32.1 Å². The average molecular weight is 312 g/mol. The molecule has 0 N–H and O–H groups in total. The summed E-state index contributed by atoms with van der Waals surface area (Å²) in [5.41, 5.74) is 0.628. The van der Waals surface area contributed by atoms with Crippen molar-refractivity contribution < 1.29 is 0 Å². The molecule has 6 heteroatoms. The number of fused-ring (bicyclic) bond motifs is 1. The SMILES string of the molecule is Clc1nc(Cl)c2cc(Br)c(Cl)cc2n1. The monoisotopic (exact) mass is 310 g/mol. The van der Waals surface area contributed by atoms with E-state index in [0.717, 1.165) is 4.47 Å². The summed E-state index contributed by atoms with van der Waals surface area (Å²) in [5, 5.41) is 1.70. The third-order valence-corrected chi connectivity index (χ3v) is 3.32. The third kappa shape index (κ3) is 1.82. The highest BCUT2D eigenvalue weighted by Gasteiger charge is 2.07. The summed E-state index contributed by atoms with van der Waals surface area (Å²) in [6, 6.07) is 3.44. The van der Waals surface area contributed by atoms with E-state index >= 15 is 0 Å². The molecule has 0 bridgehead atoms. The van der Waals surface area contributed by atoms with Gasteiger partial charge in [0.2, 0.25) is 5.28 Å². The second-order valence-electron chi connectivity index (χ2n) is 2.57. The maximum absolute atomic E-state index is 5.90. The molecule has 2 aromatic rings. The summed E-state index contributed by atoms with van der Waals surface area (Å²) < 4.78 is 0.750. The van der Waals surface area contributed by atoms with Crippen LogP contribution in [0.1, 0.15) is 0 Å². The molecule has 2 rings (SSSR count). The van der Waals surface area contributed by atoms with E-state index in [9.17, 15) is 0 Å². The van der Waals surface area contributed by atoms with Gasteiger partial charge in [-0.2, -0.15) is 0 Å². The lowest BCUT2D eigenvalue weighted by Gasteiger charge is -2.02. The van der Waals surface area contributed by atoms with Crippen LogP contribution in [0.25, 0.3) is 10.9 Å². The fourth-order valence-corrected chi connectivity index (χ4v) is 2.01. The van der Waals surface area contributed by atoms with Gasteiger partial charge < -0.3 is 0 Å². The molecule has 0 atom stereocenters. The van der Waals surface area contributed by atoms with Crippen LogP contribution in [0.5, 0.6) is 0 Å². The first kappa shape index (κ1) is 10.4. The lowest BCUT2D eigenvalue weighted by Crippen LogP contribution is -1.87. The van der Waals surface area contributed by atoms with Gasteiger partial charge in [0.25, 0.3) is 0 Å². The Morgan fingerprint density at radius 2 is 1.79 bits per heavy atom. The Bertz CT molecular complexity index is 515. The molecule has 0 aliphatic heterocycles. The summed E-state index contributed by atoms with van der Waals surface area (Å²) in [6.45, 7) is 0. The van der Waals surface area contributed by atoms with Crippen LogP contribution >= 0.6 is 50.7 Å². The second kappa shape index (κ2) is 3.81. The number of hydrogen-bond acceptors (Lipinski definition) is 2. The van der Waals surface area contributed by atoms with E-state index in [1.54, 1.807) is 12.1 Å². The molecule has 0 saturated carbocycles. The second-order valence-corrected chi connectivity index (χ2v) is 4.52. The first-order valence-electron chi connectivity index (χ1n) is 3.56. The molecule has 72 valence electrons. The number of halogens is 4. The van der Waals surface area contributed by atoms with Crippen LogP contribution in [0.2, 0.25) is 15.5 Å². The number of benzene rings is 1. The molecule has 2 nitrogen and oxygen atoms in total. The number of rotatable bonds is 0. The van der Waals surface area contributed by atoms with E-state index in [1.165, 1.54) is 0 Å². The normalized spacial score (nSPS) is 10.9. The molecular formula is C8H2BrCl3N2. The van der Waals surface area contributed by atoms with Crippen LogP contribution < -0.4 is 0 Å². The Kier molecular flexibility index (Phi) is 2.84. The predicted molar refractivity (Wildman–Crippen MR) is 62.3 cm³/mol. The van der Waals surface area contributed by atoms with E-state index in [0.29, 0.717) is 21.1 Å². The van der Waals surface area contributed by atoms with Crippen LogP contribution in [-0.2, 0) is 0 Å². The van der Waals surface area contributed by atoms with Gasteiger partial charge in [-0.15, -0.1) is 0 Å². The van der Waals surface area contributed by atoms with Crippen molar-refractivity contribution >= 4 is 61.6 Å². The first-order valence-corrected chi connectivity index (χ1v) is 5.48. The Hall–Kier alpha value is -0.0900. The van der Waals surface area contributed by atoms with Gasteiger partial charge in [0.1, 0.15) is 5.15 Å². The Labute approximate surface area is 103 Å². The summed E-state index contributed by atoms with van der Waals surface area (Å²) in [4.78, 5) is 7.83. The van der Waals surface area contributed by atoms with Crippen molar-refractivity contribution in [3.63, 3.8) is 0 Å². The molecule has 0 saturated heterocycles. The van der Waals surface area contributed by atoms with Gasteiger partial charge in [0.05, 0.1) is 10.5 Å². The Balaban J connectivity index is 2.89. The van der Waals surface area contributed by atoms with E-state index in [4.69, 9.17) is 34.8 Å². The van der Waals surface area contributed by atoms with E-state index in [2.05, 4.69) is 25.9 Å². The zero-order chi connectivity index (χ0) is 10.3. The van der Waals surface area contributed by atoms with Gasteiger partial charge in [0, 0.05) is 9.86 Å². The number of hydrogen-bond donors (Lipinski definition) is 0. The average Bonchev–Trinajstić information content (AvgIpc) is 2.08. The molecule has 0 unspecified atom stereocenters. The lowest BCUT2D eigenvalue weighted by atomic mass is 10.2. The summed E-state index contributed by atoms with van der Waals surface area (Å²) in [7, 11) is 0. The third-order valence-electron chi connectivity index (χ3n) is 1.66. The summed E-state index contributed by atoms with van der Waals surface area (Å²) in [6.07, 6.45) is 0. The molecule has 0 aliphatic rings. The fraction of sp³-hybridized carbons (Fsp3) is 0. The van der Waals surface area contributed by atoms with Crippen LogP contribution in [0, 0.1) is 0 Å². The quantitative estimate of drug-likeness (QED) is 0.534. The van der Waals surface area contributed by atoms with Crippen molar-refractivity contribution in [2.75, 3.05) is 0 Å². The summed E-state index contributed by atoms with van der Waals surface area (Å²) >= 11 is 20.7. The highest BCUT2D eigenvalue weighted by Crippen LogP contribution is 2.30. The highest BCUT2D eigenvalue weighted by atomic mass is 79.9. The zero-order valence-corrected chi connectivity index (χ0v) is 10.4. The minimum absolute atomic E-state index is 0.112. The molecule has 14 heavy (non-hydrogen) atoms. The van der Waals surface area contributed by atoms with Crippen molar-refractivity contribution in [1.29, 1.82) is 0 Å². The van der Waals surface area contributed by atoms with Crippen LogP contribution in [0.4, 0.5) is 0 Å². The minimum atomic E-state index is 0.112. The smallest absolute Gasteiger partial charge is 0.218 e. The van der Waals surface area contributed by atoms with Gasteiger partial charge >= 0.3 is 0 Å². The van der Waals surface area contributed by atoms with Gasteiger partial charge in [-0.05, 0) is 39.7 Å². The Morgan fingerprint density at radius 1 is 1.07 bits per heavy atom. The maximum Gasteiger partial charge on any atom is 0.224 e. The van der Waals surface area contributed by atoms with Crippen molar-refractivity contribution in [3.8, 4) is 0 Å². The van der Waals surface area contributed by atoms with E-state index < -0.39 is 0 Å². The molecule has 1 heterocycles. The topological polar surface area (TPSA) is 25.8 Å². The van der Waals surface area contributed by atoms with Gasteiger partial charge in [-0.3, -0.25) is 0 Å². The number of aromatic nitrogens is 2. The fourth-order valence-electron chi connectivity index (χ4n) is 1.06. The Morgan fingerprint density at radius 3 is 2.50 bits per heavy atom. The largest absolute Gasteiger partial charge is 0.224 e. The highest BCUT2D eigenvalue weighted by molar-refractivity contribution is 9.10. The van der Waals surface area contributed by atoms with E-state index in [1.807, 2.05) is 0 Å². The molecule has 0 radical (unpaired) electrons. The molecule has 1 aromatic heterocycles. The molecule has 0 fully saturated rings. The standard InChI is InChI=1S/C8H2BrCl3N2/c9-4-1-3-6(2-5(4)10)13-8(12)14-7(3)11/h1-2H. The maximum atomic E-state index is 5.90. The van der Waals surface area contributed by atoms with Crippen molar-refractivity contribution in [2.24, 2.45) is 0 Å². The molecule has 0 aliphatic carbocycles. The zero-order valence-electron chi connectivity index (χ0n) is 6.56. The van der Waals surface area contributed by atoms with Crippen LogP contribution in [0.3, 0.4) is 0 Å². The summed E-state index contributed by atoms with van der Waals surface area (Å²) in [5.74, 6) is 0. The molecule has 0 spiro atoms. The minimum Gasteiger partial charge on any atom is -0.218 e. The molecular weight excluding hydrogens is 310 g/mol. The molecule has 0 amide bonds.